The number of carbonyl (C=O) groups is 1. The molecule has 1 aliphatic heterocycles. The van der Waals surface area contributed by atoms with Gasteiger partial charge < -0.3 is 5.32 Å². The predicted molar refractivity (Wildman–Crippen MR) is 75.8 cm³/mol. The largest absolute Gasteiger partial charge is 0.338 e. The molecular formula is C12H14IN3O. The first kappa shape index (κ1) is 12.3. The van der Waals surface area contributed by atoms with E-state index < -0.39 is 5.54 Å². The number of nitrogens with one attached hydrogen (secondary N) is 2. The van der Waals surface area contributed by atoms with Gasteiger partial charge in [0.1, 0.15) is 5.54 Å². The van der Waals surface area contributed by atoms with E-state index in [1.165, 1.54) is 0 Å². The second-order valence-corrected chi connectivity index (χ2v) is 5.28. The van der Waals surface area contributed by atoms with Crippen molar-refractivity contribution in [2.75, 3.05) is 6.54 Å². The number of guanidine groups is 1. The Morgan fingerprint density at radius 2 is 2.00 bits per heavy atom. The van der Waals surface area contributed by atoms with Crippen LogP contribution in [0.2, 0.25) is 0 Å². The van der Waals surface area contributed by atoms with Crippen LogP contribution >= 0.6 is 22.6 Å². The van der Waals surface area contributed by atoms with Gasteiger partial charge in [-0.25, -0.2) is 0 Å². The van der Waals surface area contributed by atoms with Crippen LogP contribution in [0, 0.1) is 3.57 Å². The van der Waals surface area contributed by atoms with Crippen molar-refractivity contribution in [2.24, 2.45) is 4.99 Å². The first-order valence-corrected chi connectivity index (χ1v) is 6.54. The van der Waals surface area contributed by atoms with Crippen LogP contribution in [0.3, 0.4) is 0 Å². The molecule has 1 aliphatic rings. The summed E-state index contributed by atoms with van der Waals surface area (Å²) >= 11 is 2.24. The molecule has 0 bridgehead atoms. The smallest absolute Gasteiger partial charge is 0.256 e. The third-order valence-corrected chi connectivity index (χ3v) is 3.51. The molecule has 17 heavy (non-hydrogen) atoms. The summed E-state index contributed by atoms with van der Waals surface area (Å²) in [6, 6.07) is 7.91. The molecule has 0 aliphatic carbocycles. The summed E-state index contributed by atoms with van der Waals surface area (Å²) in [7, 11) is 0. The molecule has 0 spiro atoms. The van der Waals surface area contributed by atoms with Gasteiger partial charge >= 0.3 is 0 Å². The van der Waals surface area contributed by atoms with Crippen LogP contribution in [0.1, 0.15) is 19.4 Å². The monoisotopic (exact) mass is 343 g/mol. The molecule has 1 saturated heterocycles. The van der Waals surface area contributed by atoms with Crippen LogP contribution in [0.25, 0.3) is 0 Å². The molecule has 4 nitrogen and oxygen atoms in total. The molecule has 5 heteroatoms. The molecule has 1 amide bonds. The fourth-order valence-corrected chi connectivity index (χ4v) is 2.14. The van der Waals surface area contributed by atoms with Crippen molar-refractivity contribution in [3.05, 3.63) is 33.4 Å². The van der Waals surface area contributed by atoms with Gasteiger partial charge in [-0.15, -0.1) is 0 Å². The molecule has 1 aromatic rings. The maximum absolute atomic E-state index is 12.0. The van der Waals surface area contributed by atoms with Gasteiger partial charge in [-0.1, -0.05) is 12.1 Å². The van der Waals surface area contributed by atoms with Crippen molar-refractivity contribution < 1.29 is 4.79 Å². The zero-order valence-corrected chi connectivity index (χ0v) is 11.9. The predicted octanol–water partition coefficient (Wildman–Crippen LogP) is 1.60. The molecule has 2 N–H and O–H groups in total. The van der Waals surface area contributed by atoms with Crippen molar-refractivity contribution in [2.45, 2.75) is 19.4 Å². The van der Waals surface area contributed by atoms with Crippen LogP contribution in [0.5, 0.6) is 0 Å². The number of hydrogen-bond donors (Lipinski definition) is 2. The summed E-state index contributed by atoms with van der Waals surface area (Å²) < 4.78 is 1.15. The summed E-state index contributed by atoms with van der Waals surface area (Å²) in [6.07, 6.45) is 0. The van der Waals surface area contributed by atoms with E-state index >= 15 is 0 Å². The molecule has 0 saturated carbocycles. The summed E-state index contributed by atoms with van der Waals surface area (Å²) in [6.45, 7) is 4.44. The van der Waals surface area contributed by atoms with Crippen molar-refractivity contribution in [1.29, 1.82) is 0 Å². The summed E-state index contributed by atoms with van der Waals surface area (Å²) in [5.41, 5.74) is 0.218. The van der Waals surface area contributed by atoms with E-state index in [2.05, 4.69) is 38.2 Å². The van der Waals surface area contributed by atoms with E-state index in [9.17, 15) is 4.79 Å². The summed E-state index contributed by atoms with van der Waals surface area (Å²) in [5.74, 6) is 0.490. The number of hydrogen-bond acceptors (Lipinski definition) is 2. The maximum atomic E-state index is 12.0. The Morgan fingerprint density at radius 1 is 1.35 bits per heavy atom. The fourth-order valence-electron chi connectivity index (χ4n) is 1.78. The Bertz CT molecular complexity index is 469. The van der Waals surface area contributed by atoms with E-state index in [0.717, 1.165) is 9.13 Å². The SMILES string of the molecule is CCN=C1NC(=O)C(C)(c2ccc(I)cc2)N1. The van der Waals surface area contributed by atoms with E-state index in [1.54, 1.807) is 0 Å². The Hall–Kier alpha value is -1.11. The standard InChI is InChI=1S/C12H14IN3O/c1-3-14-11-15-10(17)12(2,16-11)8-4-6-9(13)7-5-8/h4-7H,3H2,1-2H3,(H2,14,15,16,17). The summed E-state index contributed by atoms with van der Waals surface area (Å²) in [4.78, 5) is 16.2. The van der Waals surface area contributed by atoms with E-state index in [0.29, 0.717) is 12.5 Å². The number of halogens is 1. The molecule has 2 rings (SSSR count). The molecule has 1 unspecified atom stereocenters. The third kappa shape index (κ3) is 2.29. The van der Waals surface area contributed by atoms with Crippen molar-refractivity contribution in [1.82, 2.24) is 10.6 Å². The van der Waals surface area contributed by atoms with Crippen LogP contribution in [-0.2, 0) is 10.3 Å². The molecular weight excluding hydrogens is 329 g/mol. The molecule has 90 valence electrons. The second-order valence-electron chi connectivity index (χ2n) is 4.03. The Labute approximate surface area is 114 Å². The molecule has 1 heterocycles. The first-order chi connectivity index (χ1) is 8.06. The van der Waals surface area contributed by atoms with Gasteiger partial charge in [-0.05, 0) is 54.1 Å². The first-order valence-electron chi connectivity index (χ1n) is 5.46. The number of nitrogens with zero attached hydrogens (tertiary/aromatic N) is 1. The lowest BCUT2D eigenvalue weighted by atomic mass is 9.92. The van der Waals surface area contributed by atoms with Gasteiger partial charge in [0, 0.05) is 10.1 Å². The number of benzene rings is 1. The minimum Gasteiger partial charge on any atom is -0.338 e. The van der Waals surface area contributed by atoms with E-state index in [4.69, 9.17) is 0 Å². The molecule has 1 fully saturated rings. The third-order valence-electron chi connectivity index (χ3n) is 2.79. The van der Waals surface area contributed by atoms with Crippen LogP contribution < -0.4 is 10.6 Å². The Kier molecular flexibility index (Phi) is 3.37. The van der Waals surface area contributed by atoms with Gasteiger partial charge in [0.2, 0.25) is 0 Å². The zero-order chi connectivity index (χ0) is 12.5. The normalized spacial score (nSPS) is 25.8. The molecule has 0 radical (unpaired) electrons. The Morgan fingerprint density at radius 3 is 2.59 bits per heavy atom. The second kappa shape index (κ2) is 4.64. The highest BCUT2D eigenvalue weighted by Gasteiger charge is 2.42. The van der Waals surface area contributed by atoms with Gasteiger partial charge in [-0.3, -0.25) is 15.1 Å². The highest BCUT2D eigenvalue weighted by Crippen LogP contribution is 2.24. The minimum atomic E-state index is -0.724. The fraction of sp³-hybridized carbons (Fsp3) is 0.333. The number of amides is 1. The van der Waals surface area contributed by atoms with Crippen molar-refractivity contribution >= 4 is 34.5 Å². The topological polar surface area (TPSA) is 53.5 Å². The highest BCUT2D eigenvalue weighted by molar-refractivity contribution is 14.1. The van der Waals surface area contributed by atoms with Gasteiger partial charge in [0.25, 0.3) is 5.91 Å². The lowest BCUT2D eigenvalue weighted by molar-refractivity contribution is -0.123. The Balaban J connectivity index is 2.34. The van der Waals surface area contributed by atoms with Gasteiger partial charge in [-0.2, -0.15) is 0 Å². The number of aliphatic imine (C=N–C) groups is 1. The average molecular weight is 343 g/mol. The quantitative estimate of drug-likeness (QED) is 0.802. The lowest BCUT2D eigenvalue weighted by Gasteiger charge is -2.21. The highest BCUT2D eigenvalue weighted by atomic mass is 127. The van der Waals surface area contributed by atoms with E-state index in [1.807, 2.05) is 38.1 Å². The van der Waals surface area contributed by atoms with Gasteiger partial charge in [0.05, 0.1) is 0 Å². The summed E-state index contributed by atoms with van der Waals surface area (Å²) in [5, 5.41) is 5.90. The van der Waals surface area contributed by atoms with Crippen LogP contribution in [0.15, 0.2) is 29.3 Å². The number of carbonyl (C=O) groups excluding carboxylic acids is 1. The van der Waals surface area contributed by atoms with Crippen LogP contribution in [-0.4, -0.2) is 18.4 Å². The van der Waals surface area contributed by atoms with Crippen molar-refractivity contribution in [3.8, 4) is 0 Å². The molecule has 0 aromatic heterocycles. The van der Waals surface area contributed by atoms with Crippen LogP contribution in [0.4, 0.5) is 0 Å². The molecule has 1 atom stereocenters. The average Bonchev–Trinajstić information content (AvgIpc) is 2.57. The molecule has 1 aromatic carbocycles. The van der Waals surface area contributed by atoms with Crippen molar-refractivity contribution in [3.63, 3.8) is 0 Å². The lowest BCUT2D eigenvalue weighted by Crippen LogP contribution is -2.40. The van der Waals surface area contributed by atoms with E-state index in [-0.39, 0.29) is 5.91 Å². The van der Waals surface area contributed by atoms with Gasteiger partial charge in [0.15, 0.2) is 5.96 Å². The maximum Gasteiger partial charge on any atom is 0.256 e. The zero-order valence-electron chi connectivity index (χ0n) is 9.75. The minimum absolute atomic E-state index is 0.0640. The number of rotatable bonds is 2.